The molecule has 1 aromatic carbocycles. The number of nitrogens with zero attached hydrogens (tertiary/aromatic N) is 1. The Balaban J connectivity index is 1.97. The van der Waals surface area contributed by atoms with Gasteiger partial charge in [0, 0.05) is 23.2 Å². The Labute approximate surface area is 147 Å². The minimum absolute atomic E-state index is 0.0172. The average molecular weight is 363 g/mol. The summed E-state index contributed by atoms with van der Waals surface area (Å²) in [5, 5.41) is 1.88. The summed E-state index contributed by atoms with van der Waals surface area (Å²) in [6.07, 6.45) is 1.98. The van der Waals surface area contributed by atoms with Gasteiger partial charge >= 0.3 is 5.97 Å². The van der Waals surface area contributed by atoms with Gasteiger partial charge in [-0.3, -0.25) is 4.79 Å². The number of ether oxygens (including phenoxy) is 1. The van der Waals surface area contributed by atoms with Crippen LogP contribution in [0, 0.1) is 11.6 Å². The molecule has 0 aliphatic carbocycles. The smallest absolute Gasteiger partial charge is 0.341 e. The predicted octanol–water partition coefficient (Wildman–Crippen LogP) is 3.63. The summed E-state index contributed by atoms with van der Waals surface area (Å²) in [7, 11) is 0. The fourth-order valence-corrected chi connectivity index (χ4v) is 3.55. The third-order valence-electron chi connectivity index (χ3n) is 3.82. The van der Waals surface area contributed by atoms with E-state index in [1.54, 1.807) is 6.92 Å². The molecule has 0 unspecified atom stereocenters. The maximum atomic E-state index is 13.4. The molecule has 1 aromatic heterocycles. The number of thiophene rings is 1. The molecule has 1 aliphatic rings. The lowest BCUT2D eigenvalue weighted by molar-refractivity contribution is -0.136. The second-order valence-corrected chi connectivity index (χ2v) is 6.33. The minimum Gasteiger partial charge on any atom is -0.462 e. The molecule has 0 bridgehead atoms. The maximum Gasteiger partial charge on any atom is 0.341 e. The molecule has 3 rings (SSSR count). The topological polar surface area (TPSA) is 46.6 Å². The van der Waals surface area contributed by atoms with Crippen LogP contribution in [-0.4, -0.2) is 29.9 Å². The van der Waals surface area contributed by atoms with Crippen molar-refractivity contribution < 1.29 is 23.1 Å². The SMILES string of the molecule is CCOC(=O)C1=CN(C(=O)c2ccc(F)c(F)c2)CCc2ccsc21. The van der Waals surface area contributed by atoms with Gasteiger partial charge in [0.15, 0.2) is 11.6 Å². The molecule has 1 aliphatic heterocycles. The molecule has 0 spiro atoms. The molecule has 2 heterocycles. The molecule has 0 fully saturated rings. The highest BCUT2D eigenvalue weighted by Gasteiger charge is 2.26. The standard InChI is InChI=1S/C18H15F2NO3S/c1-2-24-18(23)13-10-21(7-5-11-6-8-25-16(11)13)17(22)12-3-4-14(19)15(20)9-12/h3-4,6,8-10H,2,5,7H2,1H3. The molecule has 2 aromatic rings. The summed E-state index contributed by atoms with van der Waals surface area (Å²) in [5.74, 6) is -3.13. The zero-order valence-electron chi connectivity index (χ0n) is 13.4. The Morgan fingerprint density at radius 2 is 2.04 bits per heavy atom. The number of rotatable bonds is 3. The van der Waals surface area contributed by atoms with E-state index in [1.165, 1.54) is 28.5 Å². The summed E-state index contributed by atoms with van der Waals surface area (Å²) in [6.45, 7) is 2.24. The maximum absolute atomic E-state index is 13.4. The van der Waals surface area contributed by atoms with Crippen molar-refractivity contribution in [2.24, 2.45) is 0 Å². The summed E-state index contributed by atoms with van der Waals surface area (Å²) in [6, 6.07) is 4.89. The molecule has 0 saturated carbocycles. The Kier molecular flexibility index (Phi) is 4.94. The van der Waals surface area contributed by atoms with Crippen LogP contribution in [0.15, 0.2) is 35.8 Å². The summed E-state index contributed by atoms with van der Waals surface area (Å²) < 4.78 is 31.6. The lowest BCUT2D eigenvalue weighted by Crippen LogP contribution is -2.28. The monoisotopic (exact) mass is 363 g/mol. The van der Waals surface area contributed by atoms with Crippen LogP contribution in [0.5, 0.6) is 0 Å². The summed E-state index contributed by atoms with van der Waals surface area (Å²) >= 11 is 1.40. The molecule has 25 heavy (non-hydrogen) atoms. The third-order valence-corrected chi connectivity index (χ3v) is 4.81. The number of hydrogen-bond acceptors (Lipinski definition) is 4. The molecule has 4 nitrogen and oxygen atoms in total. The first-order valence-corrected chi connectivity index (χ1v) is 8.61. The van der Waals surface area contributed by atoms with Crippen molar-refractivity contribution in [2.75, 3.05) is 13.2 Å². The first kappa shape index (κ1) is 17.3. The van der Waals surface area contributed by atoms with Crippen molar-refractivity contribution in [1.29, 1.82) is 0 Å². The van der Waals surface area contributed by atoms with Gasteiger partial charge in [0.05, 0.1) is 12.2 Å². The van der Waals surface area contributed by atoms with Gasteiger partial charge in [-0.15, -0.1) is 11.3 Å². The number of benzene rings is 1. The molecular weight excluding hydrogens is 348 g/mol. The van der Waals surface area contributed by atoms with Crippen molar-refractivity contribution in [3.63, 3.8) is 0 Å². The van der Waals surface area contributed by atoms with Crippen molar-refractivity contribution in [1.82, 2.24) is 4.90 Å². The zero-order chi connectivity index (χ0) is 18.0. The molecule has 0 N–H and O–H groups in total. The van der Waals surface area contributed by atoms with Gasteiger partial charge in [0.1, 0.15) is 0 Å². The van der Waals surface area contributed by atoms with Gasteiger partial charge < -0.3 is 9.64 Å². The lowest BCUT2D eigenvalue weighted by Gasteiger charge is -2.17. The van der Waals surface area contributed by atoms with Crippen molar-refractivity contribution >= 4 is 28.8 Å². The van der Waals surface area contributed by atoms with Crippen molar-refractivity contribution in [2.45, 2.75) is 13.3 Å². The zero-order valence-corrected chi connectivity index (χ0v) is 14.2. The Bertz CT molecular complexity index is 860. The van der Waals surface area contributed by atoms with Crippen LogP contribution in [0.1, 0.15) is 27.7 Å². The van der Waals surface area contributed by atoms with Gasteiger partial charge in [0.25, 0.3) is 5.91 Å². The quantitative estimate of drug-likeness (QED) is 0.783. The van der Waals surface area contributed by atoms with Crippen LogP contribution < -0.4 is 0 Å². The highest BCUT2D eigenvalue weighted by atomic mass is 32.1. The normalized spacial score (nSPS) is 13.7. The van der Waals surface area contributed by atoms with Gasteiger partial charge in [-0.1, -0.05) is 0 Å². The highest BCUT2D eigenvalue weighted by molar-refractivity contribution is 7.11. The van der Waals surface area contributed by atoms with E-state index in [2.05, 4.69) is 0 Å². The van der Waals surface area contributed by atoms with E-state index in [4.69, 9.17) is 4.74 Å². The van der Waals surface area contributed by atoms with Crippen LogP contribution in [0.2, 0.25) is 0 Å². The van der Waals surface area contributed by atoms with Crippen molar-refractivity contribution in [3.05, 3.63) is 63.5 Å². The predicted molar refractivity (Wildman–Crippen MR) is 90.0 cm³/mol. The van der Waals surface area contributed by atoms with Crippen molar-refractivity contribution in [3.8, 4) is 0 Å². The van der Waals surface area contributed by atoms with Gasteiger partial charge in [-0.25, -0.2) is 13.6 Å². The minimum atomic E-state index is -1.09. The number of carbonyl (C=O) groups is 2. The first-order chi connectivity index (χ1) is 12.0. The molecule has 130 valence electrons. The van der Waals surface area contributed by atoms with E-state index in [0.717, 1.165) is 22.6 Å². The number of halogens is 2. The van der Waals surface area contributed by atoms with Gasteiger partial charge in [-0.05, 0) is 48.6 Å². The molecule has 0 atom stereocenters. The second-order valence-electron chi connectivity index (χ2n) is 5.42. The van der Waals surface area contributed by atoms with E-state index in [9.17, 15) is 18.4 Å². The van der Waals surface area contributed by atoms with Gasteiger partial charge in [-0.2, -0.15) is 0 Å². The first-order valence-electron chi connectivity index (χ1n) is 7.73. The van der Waals surface area contributed by atoms with E-state index >= 15 is 0 Å². The summed E-state index contributed by atoms with van der Waals surface area (Å²) in [5.41, 5.74) is 1.26. The van der Waals surface area contributed by atoms with E-state index in [1.807, 2.05) is 11.4 Å². The van der Waals surface area contributed by atoms with Crippen LogP contribution in [0.3, 0.4) is 0 Å². The van der Waals surface area contributed by atoms with Crippen LogP contribution >= 0.6 is 11.3 Å². The Morgan fingerprint density at radius 1 is 1.24 bits per heavy atom. The molecular formula is C18H15F2NO3S. The fourth-order valence-electron chi connectivity index (χ4n) is 2.60. The number of carbonyl (C=O) groups excluding carboxylic acids is 2. The number of esters is 1. The Hall–Kier alpha value is -2.54. The number of hydrogen-bond donors (Lipinski definition) is 0. The summed E-state index contributed by atoms with van der Waals surface area (Å²) in [4.78, 5) is 27.0. The highest BCUT2D eigenvalue weighted by Crippen LogP contribution is 2.30. The Morgan fingerprint density at radius 3 is 2.76 bits per heavy atom. The third kappa shape index (κ3) is 3.46. The van der Waals surface area contributed by atoms with Gasteiger partial charge in [0.2, 0.25) is 0 Å². The van der Waals surface area contributed by atoms with E-state index < -0.39 is 23.5 Å². The number of amides is 1. The van der Waals surface area contributed by atoms with Crippen LogP contribution in [0.4, 0.5) is 8.78 Å². The lowest BCUT2D eigenvalue weighted by atomic mass is 10.1. The largest absolute Gasteiger partial charge is 0.462 e. The second kappa shape index (κ2) is 7.14. The van der Waals surface area contributed by atoms with Crippen LogP contribution in [0.25, 0.3) is 5.57 Å². The molecule has 1 amide bonds. The fraction of sp³-hybridized carbons (Fsp3) is 0.222. The molecule has 0 radical (unpaired) electrons. The van der Waals surface area contributed by atoms with E-state index in [-0.39, 0.29) is 12.2 Å². The molecule has 7 heteroatoms. The van der Waals surface area contributed by atoms with Crippen LogP contribution in [-0.2, 0) is 16.0 Å². The number of fused-ring (bicyclic) bond motifs is 1. The molecule has 0 saturated heterocycles. The van der Waals surface area contributed by atoms with E-state index in [0.29, 0.717) is 18.5 Å². The average Bonchev–Trinajstić information content (AvgIpc) is 2.98.